The standard InChI is InChI=1S/C20H42/c1-5-8-17-20(7-3)18-14-12-10-9-11-13-16-19(4)15-6-2/h19-20H,5-18H2,1-4H3. The van der Waals surface area contributed by atoms with Crippen molar-refractivity contribution in [3.8, 4) is 0 Å². The van der Waals surface area contributed by atoms with Crippen molar-refractivity contribution >= 4 is 0 Å². The molecule has 0 heteroatoms. The van der Waals surface area contributed by atoms with Gasteiger partial charge in [-0.1, -0.05) is 118 Å². The van der Waals surface area contributed by atoms with Crippen molar-refractivity contribution < 1.29 is 0 Å². The van der Waals surface area contributed by atoms with Crippen LogP contribution in [0.25, 0.3) is 0 Å². The molecule has 0 aromatic carbocycles. The molecule has 2 unspecified atom stereocenters. The van der Waals surface area contributed by atoms with Crippen molar-refractivity contribution in [3.05, 3.63) is 0 Å². The van der Waals surface area contributed by atoms with Gasteiger partial charge >= 0.3 is 0 Å². The monoisotopic (exact) mass is 282 g/mol. The van der Waals surface area contributed by atoms with Gasteiger partial charge in [0.25, 0.3) is 0 Å². The predicted molar refractivity (Wildman–Crippen MR) is 94.3 cm³/mol. The first-order valence-electron chi connectivity index (χ1n) is 9.74. The van der Waals surface area contributed by atoms with Crippen LogP contribution in [0.4, 0.5) is 0 Å². The van der Waals surface area contributed by atoms with Gasteiger partial charge in [0.2, 0.25) is 0 Å². The lowest BCUT2D eigenvalue weighted by atomic mass is 9.93. The zero-order valence-electron chi connectivity index (χ0n) is 15.1. The normalized spacial score (nSPS) is 14.4. The molecular weight excluding hydrogens is 240 g/mol. The third-order valence-corrected chi connectivity index (χ3v) is 4.88. The molecular formula is C20H42. The molecule has 0 heterocycles. The molecule has 0 amide bonds. The summed E-state index contributed by atoms with van der Waals surface area (Å²) in [5.41, 5.74) is 0. The summed E-state index contributed by atoms with van der Waals surface area (Å²) in [6.07, 6.45) is 20.3. The molecule has 0 spiro atoms. The van der Waals surface area contributed by atoms with Crippen molar-refractivity contribution in [3.63, 3.8) is 0 Å². The summed E-state index contributed by atoms with van der Waals surface area (Å²) in [5, 5.41) is 0. The quantitative estimate of drug-likeness (QED) is 0.269. The minimum atomic E-state index is 0.962. The summed E-state index contributed by atoms with van der Waals surface area (Å²) < 4.78 is 0. The van der Waals surface area contributed by atoms with E-state index < -0.39 is 0 Å². The minimum Gasteiger partial charge on any atom is -0.0654 e. The van der Waals surface area contributed by atoms with Crippen LogP contribution in [-0.2, 0) is 0 Å². The fourth-order valence-corrected chi connectivity index (χ4v) is 3.32. The molecule has 0 fully saturated rings. The van der Waals surface area contributed by atoms with Crippen molar-refractivity contribution in [2.45, 2.75) is 118 Å². The topological polar surface area (TPSA) is 0 Å². The van der Waals surface area contributed by atoms with Crippen molar-refractivity contribution in [1.29, 1.82) is 0 Å². The number of hydrogen-bond donors (Lipinski definition) is 0. The maximum atomic E-state index is 2.42. The van der Waals surface area contributed by atoms with Crippen molar-refractivity contribution in [2.24, 2.45) is 11.8 Å². The fourth-order valence-electron chi connectivity index (χ4n) is 3.32. The molecule has 0 bridgehead atoms. The lowest BCUT2D eigenvalue weighted by Crippen LogP contribution is -1.98. The summed E-state index contributed by atoms with van der Waals surface area (Å²) in [6, 6.07) is 0. The summed E-state index contributed by atoms with van der Waals surface area (Å²) in [5.74, 6) is 1.98. The second-order valence-electron chi connectivity index (χ2n) is 7.01. The second-order valence-corrected chi connectivity index (χ2v) is 7.01. The second kappa shape index (κ2) is 15.4. The summed E-state index contributed by atoms with van der Waals surface area (Å²) in [6.45, 7) is 9.41. The minimum absolute atomic E-state index is 0.962. The summed E-state index contributed by atoms with van der Waals surface area (Å²) in [4.78, 5) is 0. The molecule has 0 aliphatic rings. The molecule has 0 N–H and O–H groups in total. The van der Waals surface area contributed by atoms with Gasteiger partial charge in [-0.25, -0.2) is 0 Å². The van der Waals surface area contributed by atoms with Crippen LogP contribution in [0.1, 0.15) is 118 Å². The molecule has 0 aliphatic carbocycles. The molecule has 0 aromatic heterocycles. The van der Waals surface area contributed by atoms with Gasteiger partial charge < -0.3 is 0 Å². The van der Waals surface area contributed by atoms with E-state index >= 15 is 0 Å². The average molecular weight is 283 g/mol. The average Bonchev–Trinajstić information content (AvgIpc) is 2.45. The largest absolute Gasteiger partial charge is 0.0654 e. The highest BCUT2D eigenvalue weighted by Gasteiger charge is 2.05. The molecule has 2 atom stereocenters. The van der Waals surface area contributed by atoms with Gasteiger partial charge in [0.15, 0.2) is 0 Å². The first kappa shape index (κ1) is 20.0. The smallest absolute Gasteiger partial charge is 0.0417 e. The number of hydrogen-bond acceptors (Lipinski definition) is 0. The van der Waals surface area contributed by atoms with Crippen LogP contribution < -0.4 is 0 Å². The van der Waals surface area contributed by atoms with Gasteiger partial charge in [0.05, 0.1) is 0 Å². The molecule has 0 saturated carbocycles. The molecule has 20 heavy (non-hydrogen) atoms. The van der Waals surface area contributed by atoms with E-state index in [1.807, 2.05) is 0 Å². The van der Waals surface area contributed by atoms with Gasteiger partial charge in [0.1, 0.15) is 0 Å². The van der Waals surface area contributed by atoms with Gasteiger partial charge in [-0.15, -0.1) is 0 Å². The molecule has 122 valence electrons. The molecule has 0 aromatic rings. The Balaban J connectivity index is 3.26. The van der Waals surface area contributed by atoms with E-state index in [1.54, 1.807) is 0 Å². The zero-order valence-corrected chi connectivity index (χ0v) is 15.1. The van der Waals surface area contributed by atoms with E-state index in [-0.39, 0.29) is 0 Å². The Bertz CT molecular complexity index is 173. The van der Waals surface area contributed by atoms with E-state index in [4.69, 9.17) is 0 Å². The predicted octanol–water partition coefficient (Wildman–Crippen LogP) is 7.76. The maximum Gasteiger partial charge on any atom is -0.0417 e. The van der Waals surface area contributed by atoms with Crippen molar-refractivity contribution in [2.75, 3.05) is 0 Å². The first-order valence-corrected chi connectivity index (χ1v) is 9.74. The maximum absolute atomic E-state index is 2.42. The first-order chi connectivity index (χ1) is 9.74. The van der Waals surface area contributed by atoms with Gasteiger partial charge in [-0.2, -0.15) is 0 Å². The Morgan fingerprint density at radius 1 is 0.550 bits per heavy atom. The van der Waals surface area contributed by atoms with Crippen LogP contribution >= 0.6 is 0 Å². The lowest BCUT2D eigenvalue weighted by molar-refractivity contribution is 0.398. The Morgan fingerprint density at radius 2 is 1.10 bits per heavy atom. The van der Waals surface area contributed by atoms with E-state index in [9.17, 15) is 0 Å². The van der Waals surface area contributed by atoms with Crippen LogP contribution in [0.3, 0.4) is 0 Å². The summed E-state index contributed by atoms with van der Waals surface area (Å²) >= 11 is 0. The molecule has 0 saturated heterocycles. The van der Waals surface area contributed by atoms with Gasteiger partial charge in [-0.3, -0.25) is 0 Å². The van der Waals surface area contributed by atoms with Gasteiger partial charge in [0, 0.05) is 0 Å². The Morgan fingerprint density at radius 3 is 1.65 bits per heavy atom. The van der Waals surface area contributed by atoms with Gasteiger partial charge in [-0.05, 0) is 11.8 Å². The molecule has 0 aliphatic heterocycles. The Hall–Kier alpha value is 0. The highest BCUT2D eigenvalue weighted by atomic mass is 14.1. The highest BCUT2D eigenvalue weighted by molar-refractivity contribution is 4.58. The van der Waals surface area contributed by atoms with Crippen LogP contribution in [0, 0.1) is 11.8 Å². The number of rotatable bonds is 15. The van der Waals surface area contributed by atoms with Crippen LogP contribution in [0.15, 0.2) is 0 Å². The third-order valence-electron chi connectivity index (χ3n) is 4.88. The molecule has 0 radical (unpaired) electrons. The lowest BCUT2D eigenvalue weighted by Gasteiger charge is -2.14. The van der Waals surface area contributed by atoms with E-state index in [0.29, 0.717) is 0 Å². The van der Waals surface area contributed by atoms with Crippen LogP contribution in [-0.4, -0.2) is 0 Å². The van der Waals surface area contributed by atoms with Crippen LogP contribution in [0.2, 0.25) is 0 Å². The Kier molecular flexibility index (Phi) is 15.4. The fraction of sp³-hybridized carbons (Fsp3) is 1.00. The molecule has 0 rings (SSSR count). The SMILES string of the molecule is CCCCC(CC)CCCCCCCCC(C)CCC. The Labute approximate surface area is 130 Å². The summed E-state index contributed by atoms with van der Waals surface area (Å²) in [7, 11) is 0. The zero-order chi connectivity index (χ0) is 15.1. The third kappa shape index (κ3) is 13.0. The van der Waals surface area contributed by atoms with E-state index in [1.165, 1.54) is 89.9 Å². The van der Waals surface area contributed by atoms with Crippen molar-refractivity contribution in [1.82, 2.24) is 0 Å². The van der Waals surface area contributed by atoms with Crippen LogP contribution in [0.5, 0.6) is 0 Å². The van der Waals surface area contributed by atoms with E-state index in [0.717, 1.165) is 11.8 Å². The number of unbranched alkanes of at least 4 members (excludes halogenated alkanes) is 6. The molecule has 0 nitrogen and oxygen atoms in total. The van der Waals surface area contributed by atoms with E-state index in [2.05, 4.69) is 27.7 Å². The highest BCUT2D eigenvalue weighted by Crippen LogP contribution is 2.21.